The van der Waals surface area contributed by atoms with E-state index in [1.807, 2.05) is 55.5 Å². The summed E-state index contributed by atoms with van der Waals surface area (Å²) in [5, 5.41) is 0. The number of hydrogen-bond acceptors (Lipinski definition) is 2. The minimum absolute atomic E-state index is 0.883. The molecule has 0 spiro atoms. The molecule has 0 fully saturated rings. The molecule has 0 amide bonds. The number of imidazole rings is 1. The van der Waals surface area contributed by atoms with Crippen molar-refractivity contribution in [3.8, 4) is 22.8 Å². The smallest absolute Gasteiger partial charge is 0.138 e. The number of aromatic nitrogens is 3. The van der Waals surface area contributed by atoms with E-state index in [1.165, 1.54) is 0 Å². The molecule has 0 saturated carbocycles. The minimum atomic E-state index is 0.883. The summed E-state index contributed by atoms with van der Waals surface area (Å²) in [6.45, 7) is 2.02. The molecule has 0 atom stereocenters. The summed E-state index contributed by atoms with van der Waals surface area (Å²) in [5.74, 6) is 0.883. The third-order valence-corrected chi connectivity index (χ3v) is 2.84. The summed E-state index contributed by atoms with van der Waals surface area (Å²) in [6, 6.07) is 15.9. The summed E-state index contributed by atoms with van der Waals surface area (Å²) in [5.41, 5.74) is 3.93. The third kappa shape index (κ3) is 1.91. The number of pyridine rings is 1. The Kier molecular flexibility index (Phi) is 2.65. The summed E-state index contributed by atoms with van der Waals surface area (Å²) >= 11 is 0. The van der Waals surface area contributed by atoms with Gasteiger partial charge in [-0.3, -0.25) is 4.98 Å². The Labute approximate surface area is 106 Å². The summed E-state index contributed by atoms with van der Waals surface area (Å²) in [7, 11) is 0. The van der Waals surface area contributed by atoms with Gasteiger partial charge < -0.3 is 4.98 Å². The van der Waals surface area contributed by atoms with E-state index in [9.17, 15) is 0 Å². The van der Waals surface area contributed by atoms with Gasteiger partial charge in [0.2, 0.25) is 0 Å². The van der Waals surface area contributed by atoms with Crippen molar-refractivity contribution in [2.24, 2.45) is 0 Å². The standard InChI is InChI=1S/C15H13N3/c1-11-14(13-9-5-6-10-16-13)18-15(17-11)12-7-3-2-4-8-12/h2-10H,1H3,(H,17,18). The van der Waals surface area contributed by atoms with Crippen molar-refractivity contribution in [3.63, 3.8) is 0 Å². The fourth-order valence-electron chi connectivity index (χ4n) is 1.95. The van der Waals surface area contributed by atoms with Crippen LogP contribution in [0.4, 0.5) is 0 Å². The molecule has 3 rings (SSSR count). The summed E-state index contributed by atoms with van der Waals surface area (Å²) in [4.78, 5) is 12.3. The maximum Gasteiger partial charge on any atom is 0.138 e. The maximum atomic E-state index is 4.63. The first-order valence-electron chi connectivity index (χ1n) is 5.88. The van der Waals surface area contributed by atoms with Crippen LogP contribution >= 0.6 is 0 Å². The van der Waals surface area contributed by atoms with E-state index in [1.54, 1.807) is 6.20 Å². The zero-order chi connectivity index (χ0) is 12.4. The van der Waals surface area contributed by atoms with E-state index in [-0.39, 0.29) is 0 Å². The van der Waals surface area contributed by atoms with Crippen LogP contribution < -0.4 is 0 Å². The molecule has 0 bridgehead atoms. The van der Waals surface area contributed by atoms with Crippen LogP contribution in [0.5, 0.6) is 0 Å². The highest BCUT2D eigenvalue weighted by molar-refractivity contribution is 5.64. The lowest BCUT2D eigenvalue weighted by molar-refractivity contribution is 1.25. The number of aryl methyl sites for hydroxylation is 1. The molecule has 0 unspecified atom stereocenters. The second kappa shape index (κ2) is 4.45. The lowest BCUT2D eigenvalue weighted by Gasteiger charge is -1.95. The third-order valence-electron chi connectivity index (χ3n) is 2.84. The van der Waals surface area contributed by atoms with E-state index < -0.39 is 0 Å². The molecular formula is C15H13N3. The van der Waals surface area contributed by atoms with E-state index in [4.69, 9.17) is 0 Å². The molecule has 2 aromatic heterocycles. The first-order valence-corrected chi connectivity index (χ1v) is 5.88. The van der Waals surface area contributed by atoms with Gasteiger partial charge in [0.15, 0.2) is 0 Å². The Morgan fingerprint density at radius 3 is 2.44 bits per heavy atom. The van der Waals surface area contributed by atoms with Crippen LogP contribution in [0.3, 0.4) is 0 Å². The van der Waals surface area contributed by atoms with Crippen molar-refractivity contribution in [1.29, 1.82) is 0 Å². The van der Waals surface area contributed by atoms with Gasteiger partial charge in [0.1, 0.15) is 11.5 Å². The molecule has 1 N–H and O–H groups in total. The van der Waals surface area contributed by atoms with Crippen LogP contribution in [0.25, 0.3) is 22.8 Å². The van der Waals surface area contributed by atoms with Gasteiger partial charge in [-0.2, -0.15) is 0 Å². The second-order valence-corrected chi connectivity index (χ2v) is 4.14. The molecule has 0 aliphatic rings. The zero-order valence-corrected chi connectivity index (χ0v) is 10.1. The Bertz CT molecular complexity index is 642. The fraction of sp³-hybridized carbons (Fsp3) is 0.0667. The largest absolute Gasteiger partial charge is 0.341 e. The van der Waals surface area contributed by atoms with E-state index >= 15 is 0 Å². The van der Waals surface area contributed by atoms with Gasteiger partial charge in [0, 0.05) is 17.5 Å². The van der Waals surface area contributed by atoms with Gasteiger partial charge in [0.25, 0.3) is 0 Å². The molecule has 18 heavy (non-hydrogen) atoms. The number of rotatable bonds is 2. The van der Waals surface area contributed by atoms with Gasteiger partial charge >= 0.3 is 0 Å². The Balaban J connectivity index is 2.07. The van der Waals surface area contributed by atoms with Gasteiger partial charge in [-0.1, -0.05) is 36.4 Å². The highest BCUT2D eigenvalue weighted by Gasteiger charge is 2.10. The van der Waals surface area contributed by atoms with Crippen LogP contribution in [-0.2, 0) is 0 Å². The molecule has 0 aliphatic heterocycles. The Hall–Kier alpha value is -2.42. The van der Waals surface area contributed by atoms with Crippen molar-refractivity contribution < 1.29 is 0 Å². The van der Waals surface area contributed by atoms with Gasteiger partial charge in [-0.05, 0) is 19.1 Å². The molecule has 0 radical (unpaired) electrons. The zero-order valence-electron chi connectivity index (χ0n) is 10.1. The maximum absolute atomic E-state index is 4.63. The quantitative estimate of drug-likeness (QED) is 0.739. The van der Waals surface area contributed by atoms with Crippen molar-refractivity contribution in [2.45, 2.75) is 6.92 Å². The minimum Gasteiger partial charge on any atom is -0.341 e. The molecule has 1 aromatic carbocycles. The molecular weight excluding hydrogens is 222 g/mol. The predicted molar refractivity (Wildman–Crippen MR) is 72.0 cm³/mol. The van der Waals surface area contributed by atoms with Crippen molar-refractivity contribution in [1.82, 2.24) is 15.0 Å². The summed E-state index contributed by atoms with van der Waals surface area (Å²) in [6.07, 6.45) is 1.78. The normalized spacial score (nSPS) is 10.5. The Morgan fingerprint density at radius 1 is 0.944 bits per heavy atom. The average molecular weight is 235 g/mol. The monoisotopic (exact) mass is 235 g/mol. The number of hydrogen-bond donors (Lipinski definition) is 1. The van der Waals surface area contributed by atoms with Crippen LogP contribution in [-0.4, -0.2) is 15.0 Å². The molecule has 2 heterocycles. The lowest BCUT2D eigenvalue weighted by atomic mass is 10.2. The lowest BCUT2D eigenvalue weighted by Crippen LogP contribution is -1.84. The molecule has 3 aromatic rings. The topological polar surface area (TPSA) is 41.6 Å². The molecule has 3 nitrogen and oxygen atoms in total. The van der Waals surface area contributed by atoms with Gasteiger partial charge in [-0.25, -0.2) is 4.98 Å². The molecule has 0 aliphatic carbocycles. The number of H-pyrrole nitrogens is 1. The second-order valence-electron chi connectivity index (χ2n) is 4.14. The van der Waals surface area contributed by atoms with E-state index in [0.29, 0.717) is 0 Å². The van der Waals surface area contributed by atoms with Gasteiger partial charge in [0.05, 0.1) is 5.69 Å². The predicted octanol–water partition coefficient (Wildman–Crippen LogP) is 3.45. The number of aromatic amines is 1. The molecule has 88 valence electrons. The first kappa shape index (κ1) is 10.7. The van der Waals surface area contributed by atoms with Gasteiger partial charge in [-0.15, -0.1) is 0 Å². The van der Waals surface area contributed by atoms with Crippen molar-refractivity contribution in [3.05, 3.63) is 60.4 Å². The number of nitrogens with one attached hydrogen (secondary N) is 1. The van der Waals surface area contributed by atoms with Crippen molar-refractivity contribution in [2.75, 3.05) is 0 Å². The molecule has 3 heteroatoms. The van der Waals surface area contributed by atoms with Crippen LogP contribution in [0.15, 0.2) is 54.7 Å². The average Bonchev–Trinajstić information content (AvgIpc) is 2.83. The fourth-order valence-corrected chi connectivity index (χ4v) is 1.95. The van der Waals surface area contributed by atoms with Crippen LogP contribution in [0.1, 0.15) is 5.69 Å². The number of benzene rings is 1. The van der Waals surface area contributed by atoms with Crippen LogP contribution in [0, 0.1) is 6.92 Å². The van der Waals surface area contributed by atoms with E-state index in [0.717, 1.165) is 28.5 Å². The van der Waals surface area contributed by atoms with Crippen LogP contribution in [0.2, 0.25) is 0 Å². The first-order chi connectivity index (χ1) is 8.84. The number of nitrogens with zero attached hydrogens (tertiary/aromatic N) is 2. The SMILES string of the molecule is Cc1[nH]c(-c2ccccc2)nc1-c1ccccn1. The Morgan fingerprint density at radius 2 is 1.72 bits per heavy atom. The highest BCUT2D eigenvalue weighted by Crippen LogP contribution is 2.23. The summed E-state index contributed by atoms with van der Waals surface area (Å²) < 4.78 is 0. The molecule has 0 saturated heterocycles. The van der Waals surface area contributed by atoms with Crippen molar-refractivity contribution >= 4 is 0 Å². The highest BCUT2D eigenvalue weighted by atomic mass is 14.9. The van der Waals surface area contributed by atoms with E-state index in [2.05, 4.69) is 15.0 Å².